The molecule has 4 aliphatic rings. The molecule has 42 heavy (non-hydrogen) atoms. The van der Waals surface area contributed by atoms with E-state index in [1.165, 1.54) is 16.4 Å². The zero-order chi connectivity index (χ0) is 30.9. The predicted molar refractivity (Wildman–Crippen MR) is 147 cm³/mol. The van der Waals surface area contributed by atoms with Gasteiger partial charge in [0.2, 0.25) is 15.9 Å². The monoisotopic (exact) mass is 652 g/mol. The Morgan fingerprint density at radius 2 is 1.67 bits per heavy atom. The first-order chi connectivity index (χ1) is 19.3. The van der Waals surface area contributed by atoms with Gasteiger partial charge in [0.1, 0.15) is 5.84 Å². The van der Waals surface area contributed by atoms with Crippen LogP contribution in [0.15, 0.2) is 58.4 Å². The lowest BCUT2D eigenvalue weighted by Crippen LogP contribution is -2.78. The number of amides is 1. The van der Waals surface area contributed by atoms with Crippen LogP contribution in [0.1, 0.15) is 38.7 Å². The van der Waals surface area contributed by atoms with Crippen molar-refractivity contribution in [1.29, 1.82) is 0 Å². The summed E-state index contributed by atoms with van der Waals surface area (Å²) in [7, 11) is -3.96. The minimum absolute atomic E-state index is 0.0219. The average molecular weight is 654 g/mol. The van der Waals surface area contributed by atoms with Crippen molar-refractivity contribution in [2.75, 3.05) is 6.54 Å². The first-order valence-electron chi connectivity index (χ1n) is 12.9. The van der Waals surface area contributed by atoms with Gasteiger partial charge in [-0.1, -0.05) is 47.5 Å². The summed E-state index contributed by atoms with van der Waals surface area (Å²) >= 11 is 12.2. The summed E-state index contributed by atoms with van der Waals surface area (Å²) < 4.78 is 93.6. The van der Waals surface area contributed by atoms with Gasteiger partial charge >= 0.3 is 12.1 Å². The Kier molecular flexibility index (Phi) is 7.40. The number of hydrogen-bond acceptors (Lipinski definition) is 5. The molecule has 0 saturated heterocycles. The van der Waals surface area contributed by atoms with E-state index < -0.39 is 57.1 Å². The minimum Gasteiger partial charge on any atom is -0.366 e. The van der Waals surface area contributed by atoms with E-state index in [4.69, 9.17) is 23.2 Å². The SMILES string of the molecule is CC1(C)NC(C23CC(N(Cc4ccc(Cl)c(Cl)c4)S(=O)(=O)c4ccccc4)(C2)C3)=N[C@H]1C(=O)NCC(F)(F)C(F)(F)F. The van der Waals surface area contributed by atoms with Crippen molar-refractivity contribution < 1.29 is 35.2 Å². The highest BCUT2D eigenvalue weighted by atomic mass is 35.5. The number of nitrogens with one attached hydrogen (secondary N) is 2. The quantitative estimate of drug-likeness (QED) is 0.347. The molecule has 0 aromatic heterocycles. The van der Waals surface area contributed by atoms with E-state index in [2.05, 4.69) is 10.3 Å². The Labute approximate surface area is 249 Å². The van der Waals surface area contributed by atoms with Gasteiger partial charge in [-0.25, -0.2) is 8.42 Å². The number of halogens is 7. The van der Waals surface area contributed by atoms with Gasteiger partial charge in [-0.15, -0.1) is 0 Å². The fraction of sp³-hybridized carbons (Fsp3) is 0.481. The van der Waals surface area contributed by atoms with Crippen molar-refractivity contribution in [1.82, 2.24) is 14.9 Å². The molecule has 2 N–H and O–H groups in total. The van der Waals surface area contributed by atoms with E-state index >= 15 is 0 Å². The molecule has 2 aromatic rings. The third-order valence-electron chi connectivity index (χ3n) is 8.21. The van der Waals surface area contributed by atoms with Crippen LogP contribution in [0.5, 0.6) is 0 Å². The maximum atomic E-state index is 13.9. The summed E-state index contributed by atoms with van der Waals surface area (Å²) in [6.07, 6.45) is -4.69. The number of carbonyl (C=O) groups is 1. The number of rotatable bonds is 9. The summed E-state index contributed by atoms with van der Waals surface area (Å²) in [5, 5.41) is 5.43. The van der Waals surface area contributed by atoms with E-state index in [1.54, 1.807) is 55.6 Å². The number of aliphatic imine (C=N–C) groups is 1. The van der Waals surface area contributed by atoms with Crippen LogP contribution in [-0.2, 0) is 21.4 Å². The lowest BCUT2D eigenvalue weighted by atomic mass is 9.38. The minimum atomic E-state index is -5.80. The van der Waals surface area contributed by atoms with Crippen LogP contribution in [-0.4, -0.2) is 60.2 Å². The highest BCUT2D eigenvalue weighted by Gasteiger charge is 2.75. The van der Waals surface area contributed by atoms with Crippen molar-refractivity contribution in [3.05, 3.63) is 64.1 Å². The predicted octanol–water partition coefficient (Wildman–Crippen LogP) is 5.57. The Balaban J connectivity index is 1.37. The number of carbonyl (C=O) groups excluding carboxylic acids is 1. The summed E-state index contributed by atoms with van der Waals surface area (Å²) in [6.45, 7) is 1.30. The molecule has 6 rings (SSSR count). The smallest absolute Gasteiger partial charge is 0.366 e. The number of amidine groups is 1. The van der Waals surface area contributed by atoms with Crippen LogP contribution in [0, 0.1) is 5.41 Å². The van der Waals surface area contributed by atoms with Gasteiger partial charge in [0, 0.05) is 17.5 Å². The van der Waals surface area contributed by atoms with Gasteiger partial charge in [-0.3, -0.25) is 9.79 Å². The number of sulfonamides is 1. The topological polar surface area (TPSA) is 90.9 Å². The molecule has 3 fully saturated rings. The standard InChI is InChI=1S/C27H27Cl2F5N4O3S/c1-23(2)20(21(39)35-15-26(30,31)27(32,33)34)36-22(37-23)24-12-25(13-24,14-24)38(11-16-8-9-18(28)19(29)10-16)42(40,41)17-6-4-3-5-7-17/h3-10,20H,11-15H2,1-2H3,(H,35,39)(H,36,37)/t20-,24?,25?/m0/s1. The maximum absolute atomic E-state index is 13.9. The van der Waals surface area contributed by atoms with Crippen LogP contribution >= 0.6 is 23.2 Å². The van der Waals surface area contributed by atoms with Crippen LogP contribution < -0.4 is 10.6 Å². The molecule has 0 radical (unpaired) electrons. The number of benzene rings is 2. The number of nitrogens with zero attached hydrogens (tertiary/aromatic N) is 2. The normalized spacial score (nSPS) is 26.6. The van der Waals surface area contributed by atoms with Gasteiger partial charge in [-0.2, -0.15) is 26.3 Å². The van der Waals surface area contributed by atoms with Gasteiger partial charge in [0.05, 0.1) is 27.0 Å². The first-order valence-corrected chi connectivity index (χ1v) is 15.1. The average Bonchev–Trinajstić information content (AvgIpc) is 3.17. The summed E-state index contributed by atoms with van der Waals surface area (Å²) in [5.41, 5.74) is -1.80. The van der Waals surface area contributed by atoms with Gasteiger partial charge in [0.25, 0.3) is 0 Å². The van der Waals surface area contributed by atoms with Gasteiger partial charge < -0.3 is 10.6 Å². The summed E-state index contributed by atoms with van der Waals surface area (Å²) in [6, 6.07) is 11.6. The van der Waals surface area contributed by atoms with Crippen molar-refractivity contribution >= 4 is 45.0 Å². The molecule has 3 saturated carbocycles. The fourth-order valence-electron chi connectivity index (χ4n) is 6.03. The second kappa shape index (κ2) is 10.0. The van der Waals surface area contributed by atoms with E-state index in [9.17, 15) is 35.2 Å². The third-order valence-corrected chi connectivity index (χ3v) is 10.9. The molecule has 0 unspecified atom stereocenters. The van der Waals surface area contributed by atoms with Crippen LogP contribution in [0.25, 0.3) is 0 Å². The fourth-order valence-corrected chi connectivity index (χ4v) is 8.13. The molecule has 0 spiro atoms. The van der Waals surface area contributed by atoms with E-state index in [1.807, 2.05) is 0 Å². The third kappa shape index (κ3) is 5.16. The Morgan fingerprint density at radius 1 is 1.05 bits per heavy atom. The zero-order valence-electron chi connectivity index (χ0n) is 22.4. The second-order valence-corrected chi connectivity index (χ2v) is 14.4. The van der Waals surface area contributed by atoms with Crippen molar-refractivity contribution in [2.45, 2.75) is 73.8 Å². The van der Waals surface area contributed by atoms with Crippen LogP contribution in [0.3, 0.4) is 0 Å². The highest BCUT2D eigenvalue weighted by Crippen LogP contribution is 2.71. The molecule has 1 amide bonds. The van der Waals surface area contributed by atoms with E-state index in [0.29, 0.717) is 35.7 Å². The van der Waals surface area contributed by atoms with E-state index in [0.717, 1.165) is 0 Å². The second-order valence-electron chi connectivity index (χ2n) is 11.8. The van der Waals surface area contributed by atoms with Crippen molar-refractivity contribution in [3.63, 3.8) is 0 Å². The lowest BCUT2D eigenvalue weighted by molar-refractivity contribution is -0.278. The first kappa shape index (κ1) is 31.0. The Bertz CT molecular complexity index is 1530. The maximum Gasteiger partial charge on any atom is 0.455 e. The molecule has 2 bridgehead atoms. The molecule has 1 aliphatic heterocycles. The largest absolute Gasteiger partial charge is 0.455 e. The molecule has 2 aromatic carbocycles. The Hall–Kier alpha value is -2.48. The molecule has 15 heteroatoms. The molecule has 1 heterocycles. The van der Waals surface area contributed by atoms with Crippen molar-refractivity contribution in [2.24, 2.45) is 10.4 Å². The van der Waals surface area contributed by atoms with Crippen LogP contribution in [0.2, 0.25) is 10.0 Å². The summed E-state index contributed by atoms with van der Waals surface area (Å²) in [5.74, 6) is -5.75. The molecular weight excluding hydrogens is 626 g/mol. The van der Waals surface area contributed by atoms with Crippen molar-refractivity contribution in [3.8, 4) is 0 Å². The Morgan fingerprint density at radius 3 is 2.24 bits per heavy atom. The van der Waals surface area contributed by atoms with Crippen LogP contribution in [0.4, 0.5) is 22.0 Å². The van der Waals surface area contributed by atoms with Gasteiger partial charge in [-0.05, 0) is 62.9 Å². The summed E-state index contributed by atoms with van der Waals surface area (Å²) in [4.78, 5) is 17.2. The highest BCUT2D eigenvalue weighted by molar-refractivity contribution is 7.89. The number of hydrogen-bond donors (Lipinski definition) is 2. The molecule has 1 atom stereocenters. The molecule has 228 valence electrons. The molecule has 3 aliphatic carbocycles. The zero-order valence-corrected chi connectivity index (χ0v) is 24.7. The molecular formula is C27H27Cl2F5N4O3S. The lowest BCUT2D eigenvalue weighted by Gasteiger charge is -2.73. The number of alkyl halides is 5. The molecule has 7 nitrogen and oxygen atoms in total. The van der Waals surface area contributed by atoms with E-state index in [-0.39, 0.29) is 16.5 Å². The van der Waals surface area contributed by atoms with Gasteiger partial charge in [0.15, 0.2) is 6.04 Å².